The molecule has 0 radical (unpaired) electrons. The number of carbonyl (C=O) groups is 4. The van der Waals surface area contributed by atoms with E-state index in [1.807, 2.05) is 54.6 Å². The van der Waals surface area contributed by atoms with Crippen molar-refractivity contribution < 1.29 is 24.3 Å². The number of carboxylic acid groups (broad SMARTS) is 1. The normalized spacial score (nSPS) is 13.5. The summed E-state index contributed by atoms with van der Waals surface area (Å²) in [4.78, 5) is 52.8. The Kier molecular flexibility index (Phi) is 9.39. The van der Waals surface area contributed by atoms with Gasteiger partial charge in [-0.1, -0.05) is 62.4 Å². The number of nitrogens with two attached hydrogens (primary N) is 1. The Labute approximate surface area is 215 Å². The van der Waals surface area contributed by atoms with Crippen LogP contribution in [0.3, 0.4) is 0 Å². The van der Waals surface area contributed by atoms with Crippen molar-refractivity contribution in [2.45, 2.75) is 44.8 Å². The average molecular weight is 508 g/mol. The fourth-order valence-electron chi connectivity index (χ4n) is 4.00. The Morgan fingerprint density at radius 2 is 1.59 bits per heavy atom. The first-order valence-corrected chi connectivity index (χ1v) is 12.1. The van der Waals surface area contributed by atoms with Crippen molar-refractivity contribution in [3.8, 4) is 0 Å². The Bertz CT molecular complexity index is 1240. The van der Waals surface area contributed by atoms with Crippen LogP contribution in [0.5, 0.6) is 0 Å². The number of carboxylic acids is 1. The number of aliphatic carboxylic acids is 1. The van der Waals surface area contributed by atoms with Gasteiger partial charge in [-0.2, -0.15) is 0 Å². The predicted octanol–water partition coefficient (Wildman–Crippen LogP) is 1.11. The van der Waals surface area contributed by atoms with Gasteiger partial charge in [0.2, 0.25) is 17.7 Å². The standard InChI is InChI=1S/C27H33N5O5/c1-16(2)24(32-23(33)15-30-25(34)20(28)12-17-8-4-3-5-9-17)26(35)31-22(27(36)37)13-18-14-29-21-11-7-6-10-19(18)21/h3-11,14,16,20,22,24,29H,12-13,15,28H2,1-2H3,(H,30,34)(H,31,35)(H,32,33)(H,36,37). The van der Waals surface area contributed by atoms with E-state index in [4.69, 9.17) is 5.73 Å². The Balaban J connectivity index is 1.56. The number of para-hydroxylation sites is 1. The number of amides is 3. The molecule has 10 nitrogen and oxygen atoms in total. The number of nitrogens with one attached hydrogen (secondary N) is 4. The molecule has 0 aliphatic rings. The van der Waals surface area contributed by atoms with Crippen molar-refractivity contribution in [1.82, 2.24) is 20.9 Å². The van der Waals surface area contributed by atoms with E-state index in [-0.39, 0.29) is 18.9 Å². The fourth-order valence-corrected chi connectivity index (χ4v) is 4.00. The number of carbonyl (C=O) groups excluding carboxylic acids is 3. The number of aromatic amines is 1. The van der Waals surface area contributed by atoms with E-state index < -0.39 is 41.8 Å². The van der Waals surface area contributed by atoms with E-state index in [1.165, 1.54) is 0 Å². The molecule has 0 saturated carbocycles. The molecule has 3 unspecified atom stereocenters. The van der Waals surface area contributed by atoms with Gasteiger partial charge in [-0.15, -0.1) is 0 Å². The maximum absolute atomic E-state index is 13.0. The smallest absolute Gasteiger partial charge is 0.326 e. The third-order valence-electron chi connectivity index (χ3n) is 6.04. The second-order valence-electron chi connectivity index (χ2n) is 9.27. The highest BCUT2D eigenvalue weighted by Crippen LogP contribution is 2.19. The summed E-state index contributed by atoms with van der Waals surface area (Å²) >= 11 is 0. The van der Waals surface area contributed by atoms with Crippen LogP contribution in [-0.2, 0) is 32.0 Å². The molecule has 7 N–H and O–H groups in total. The van der Waals surface area contributed by atoms with E-state index in [1.54, 1.807) is 20.0 Å². The first kappa shape index (κ1) is 27.4. The first-order valence-electron chi connectivity index (χ1n) is 12.1. The van der Waals surface area contributed by atoms with Crippen molar-refractivity contribution in [2.24, 2.45) is 11.7 Å². The van der Waals surface area contributed by atoms with Gasteiger partial charge >= 0.3 is 5.97 Å². The summed E-state index contributed by atoms with van der Waals surface area (Å²) in [5.41, 5.74) is 8.46. The Morgan fingerprint density at radius 3 is 2.27 bits per heavy atom. The molecule has 37 heavy (non-hydrogen) atoms. The highest BCUT2D eigenvalue weighted by atomic mass is 16.4. The van der Waals surface area contributed by atoms with Gasteiger partial charge in [0.15, 0.2) is 0 Å². The van der Waals surface area contributed by atoms with Crippen LogP contribution in [0, 0.1) is 5.92 Å². The third kappa shape index (κ3) is 7.65. The number of hydrogen-bond acceptors (Lipinski definition) is 5. The highest BCUT2D eigenvalue weighted by Gasteiger charge is 2.29. The maximum Gasteiger partial charge on any atom is 0.326 e. The topological polar surface area (TPSA) is 166 Å². The number of rotatable bonds is 12. The fraction of sp³-hybridized carbons (Fsp3) is 0.333. The summed E-state index contributed by atoms with van der Waals surface area (Å²) < 4.78 is 0. The Hall–Kier alpha value is -4.18. The van der Waals surface area contributed by atoms with Crippen molar-refractivity contribution >= 4 is 34.6 Å². The van der Waals surface area contributed by atoms with Crippen LogP contribution in [0.15, 0.2) is 60.8 Å². The molecule has 0 aliphatic carbocycles. The molecule has 1 aromatic heterocycles. The van der Waals surface area contributed by atoms with Crippen molar-refractivity contribution in [1.29, 1.82) is 0 Å². The molecule has 196 valence electrons. The van der Waals surface area contributed by atoms with Crippen LogP contribution >= 0.6 is 0 Å². The van der Waals surface area contributed by atoms with E-state index in [9.17, 15) is 24.3 Å². The molecule has 0 saturated heterocycles. The van der Waals surface area contributed by atoms with Gasteiger partial charge in [-0.3, -0.25) is 14.4 Å². The lowest BCUT2D eigenvalue weighted by Gasteiger charge is -2.24. The quantitative estimate of drug-likeness (QED) is 0.215. The lowest BCUT2D eigenvalue weighted by atomic mass is 10.0. The number of benzene rings is 2. The van der Waals surface area contributed by atoms with Crippen LogP contribution in [-0.4, -0.2) is 58.5 Å². The summed E-state index contributed by atoms with van der Waals surface area (Å²) in [5, 5.41) is 18.2. The summed E-state index contributed by atoms with van der Waals surface area (Å²) in [7, 11) is 0. The van der Waals surface area contributed by atoms with Crippen LogP contribution in [0.2, 0.25) is 0 Å². The summed E-state index contributed by atoms with van der Waals surface area (Å²) in [6.45, 7) is 3.10. The largest absolute Gasteiger partial charge is 0.480 e. The molecule has 3 atom stereocenters. The molecule has 3 amide bonds. The number of hydrogen-bond donors (Lipinski definition) is 6. The zero-order valence-electron chi connectivity index (χ0n) is 20.9. The maximum atomic E-state index is 13.0. The SMILES string of the molecule is CC(C)C(NC(=O)CNC(=O)C(N)Cc1ccccc1)C(=O)NC(Cc1c[nH]c2ccccc12)C(=O)O. The molecule has 0 spiro atoms. The van der Waals surface area contributed by atoms with Crippen molar-refractivity contribution in [2.75, 3.05) is 6.54 Å². The van der Waals surface area contributed by atoms with Gasteiger partial charge < -0.3 is 31.8 Å². The van der Waals surface area contributed by atoms with E-state index in [0.717, 1.165) is 22.0 Å². The average Bonchev–Trinajstić information content (AvgIpc) is 3.28. The molecule has 3 aromatic rings. The zero-order chi connectivity index (χ0) is 26.9. The monoisotopic (exact) mass is 507 g/mol. The summed E-state index contributed by atoms with van der Waals surface area (Å²) in [6, 6.07) is 13.7. The van der Waals surface area contributed by atoms with Gasteiger partial charge in [0, 0.05) is 23.5 Å². The van der Waals surface area contributed by atoms with E-state index >= 15 is 0 Å². The van der Waals surface area contributed by atoms with Gasteiger partial charge in [-0.05, 0) is 29.5 Å². The minimum atomic E-state index is -1.19. The summed E-state index contributed by atoms with van der Waals surface area (Å²) in [6.07, 6.45) is 2.11. The molecule has 0 aliphatic heterocycles. The molecule has 0 fully saturated rings. The molecular formula is C27H33N5O5. The summed E-state index contributed by atoms with van der Waals surface area (Å²) in [5.74, 6) is -3.22. The van der Waals surface area contributed by atoms with Crippen LogP contribution < -0.4 is 21.7 Å². The second-order valence-corrected chi connectivity index (χ2v) is 9.27. The van der Waals surface area contributed by atoms with Crippen LogP contribution in [0.1, 0.15) is 25.0 Å². The number of H-pyrrole nitrogens is 1. The second kappa shape index (κ2) is 12.7. The zero-order valence-corrected chi connectivity index (χ0v) is 20.9. The number of aromatic nitrogens is 1. The predicted molar refractivity (Wildman–Crippen MR) is 139 cm³/mol. The molecular weight excluding hydrogens is 474 g/mol. The lowest BCUT2D eigenvalue weighted by Crippen LogP contribution is -2.56. The lowest BCUT2D eigenvalue weighted by molar-refractivity contribution is -0.142. The first-order chi connectivity index (χ1) is 17.7. The van der Waals surface area contributed by atoms with Crippen LogP contribution in [0.4, 0.5) is 0 Å². The Morgan fingerprint density at radius 1 is 0.919 bits per heavy atom. The molecule has 3 rings (SSSR count). The highest BCUT2D eigenvalue weighted by molar-refractivity contribution is 5.93. The van der Waals surface area contributed by atoms with Crippen molar-refractivity contribution in [3.63, 3.8) is 0 Å². The van der Waals surface area contributed by atoms with Gasteiger partial charge in [-0.25, -0.2) is 4.79 Å². The van der Waals surface area contributed by atoms with Gasteiger partial charge in [0.25, 0.3) is 0 Å². The molecule has 0 bridgehead atoms. The molecule has 10 heteroatoms. The minimum Gasteiger partial charge on any atom is -0.480 e. The minimum absolute atomic E-state index is 0.0687. The molecule has 2 aromatic carbocycles. The molecule has 1 heterocycles. The third-order valence-corrected chi connectivity index (χ3v) is 6.04. The van der Waals surface area contributed by atoms with Gasteiger partial charge in [0.05, 0.1) is 12.6 Å². The van der Waals surface area contributed by atoms with E-state index in [2.05, 4.69) is 20.9 Å². The van der Waals surface area contributed by atoms with E-state index in [0.29, 0.717) is 6.42 Å². The van der Waals surface area contributed by atoms with Gasteiger partial charge in [0.1, 0.15) is 12.1 Å². The van der Waals surface area contributed by atoms with Crippen LogP contribution in [0.25, 0.3) is 10.9 Å². The van der Waals surface area contributed by atoms with Crippen molar-refractivity contribution in [3.05, 3.63) is 71.9 Å². The number of fused-ring (bicyclic) bond motifs is 1.